The van der Waals surface area contributed by atoms with Crippen LogP contribution >= 0.6 is 15.9 Å². The zero-order chi connectivity index (χ0) is 14.1. The van der Waals surface area contributed by atoms with E-state index in [0.29, 0.717) is 12.3 Å². The topological polar surface area (TPSA) is 29.1 Å². The Hall–Kier alpha value is -0.830. The Balaban J connectivity index is 2.35. The number of benzene rings is 1. The van der Waals surface area contributed by atoms with E-state index in [0.717, 1.165) is 23.9 Å². The van der Waals surface area contributed by atoms with Crippen LogP contribution in [0.3, 0.4) is 0 Å². The number of amides is 1. The molecule has 1 aromatic rings. The zero-order valence-electron chi connectivity index (χ0n) is 11.9. The Bertz CT molecular complexity index is 369. The van der Waals surface area contributed by atoms with Crippen molar-refractivity contribution in [2.24, 2.45) is 5.92 Å². The summed E-state index contributed by atoms with van der Waals surface area (Å²) in [5.41, 5.74) is 2.31. The third kappa shape index (κ3) is 6.76. The summed E-state index contributed by atoms with van der Waals surface area (Å²) in [7, 11) is 0. The molecule has 1 aromatic carbocycles. The van der Waals surface area contributed by atoms with Crippen molar-refractivity contribution in [3.63, 3.8) is 0 Å². The zero-order valence-corrected chi connectivity index (χ0v) is 13.5. The second-order valence-electron chi connectivity index (χ2n) is 5.10. The highest BCUT2D eigenvalue weighted by atomic mass is 79.9. The van der Waals surface area contributed by atoms with Gasteiger partial charge in [0.15, 0.2) is 0 Å². The van der Waals surface area contributed by atoms with Gasteiger partial charge >= 0.3 is 0 Å². The van der Waals surface area contributed by atoms with E-state index in [9.17, 15) is 4.79 Å². The van der Waals surface area contributed by atoms with Crippen molar-refractivity contribution < 1.29 is 4.79 Å². The Kier molecular flexibility index (Phi) is 7.80. The fourth-order valence-electron chi connectivity index (χ4n) is 2.12. The number of halogens is 1. The first-order valence-corrected chi connectivity index (χ1v) is 8.16. The Morgan fingerprint density at radius 1 is 1.26 bits per heavy atom. The van der Waals surface area contributed by atoms with Crippen LogP contribution in [0.2, 0.25) is 0 Å². The fourth-order valence-corrected chi connectivity index (χ4v) is 2.77. The molecule has 0 aliphatic rings. The van der Waals surface area contributed by atoms with E-state index in [1.54, 1.807) is 0 Å². The SMILES string of the molecule is CCCC(CCBr)CNC(=O)Cc1ccc(C)cc1. The number of nitrogens with one attached hydrogen (secondary N) is 1. The van der Waals surface area contributed by atoms with Gasteiger partial charge in [-0.3, -0.25) is 4.79 Å². The molecule has 1 atom stereocenters. The first-order valence-electron chi connectivity index (χ1n) is 7.04. The molecular formula is C16H24BrNO. The van der Waals surface area contributed by atoms with Gasteiger partial charge in [-0.1, -0.05) is 59.1 Å². The molecule has 0 fully saturated rings. The molecular weight excluding hydrogens is 302 g/mol. The smallest absolute Gasteiger partial charge is 0.224 e. The van der Waals surface area contributed by atoms with Gasteiger partial charge in [0.25, 0.3) is 0 Å². The summed E-state index contributed by atoms with van der Waals surface area (Å²) < 4.78 is 0. The van der Waals surface area contributed by atoms with Gasteiger partial charge in [-0.2, -0.15) is 0 Å². The summed E-state index contributed by atoms with van der Waals surface area (Å²) in [6.07, 6.45) is 3.95. The van der Waals surface area contributed by atoms with Crippen molar-refractivity contribution in [1.29, 1.82) is 0 Å². The van der Waals surface area contributed by atoms with Gasteiger partial charge in [-0.25, -0.2) is 0 Å². The van der Waals surface area contributed by atoms with Crippen LogP contribution in [0.1, 0.15) is 37.3 Å². The average Bonchev–Trinajstić information content (AvgIpc) is 2.39. The van der Waals surface area contributed by atoms with Crippen molar-refractivity contribution >= 4 is 21.8 Å². The number of rotatable bonds is 8. The number of carbonyl (C=O) groups excluding carboxylic acids is 1. The molecule has 2 nitrogen and oxygen atoms in total. The van der Waals surface area contributed by atoms with Crippen molar-refractivity contribution in [3.8, 4) is 0 Å². The number of carbonyl (C=O) groups is 1. The number of alkyl halides is 1. The molecule has 1 amide bonds. The fraction of sp³-hybridized carbons (Fsp3) is 0.562. The van der Waals surface area contributed by atoms with Crippen LogP contribution < -0.4 is 5.32 Å². The minimum atomic E-state index is 0.125. The number of aryl methyl sites for hydroxylation is 1. The average molecular weight is 326 g/mol. The maximum atomic E-state index is 11.9. The van der Waals surface area contributed by atoms with Crippen LogP contribution in [0.15, 0.2) is 24.3 Å². The van der Waals surface area contributed by atoms with E-state index < -0.39 is 0 Å². The van der Waals surface area contributed by atoms with E-state index in [1.165, 1.54) is 18.4 Å². The van der Waals surface area contributed by atoms with Crippen LogP contribution in [0.4, 0.5) is 0 Å². The largest absolute Gasteiger partial charge is 0.356 e. The molecule has 0 bridgehead atoms. The maximum Gasteiger partial charge on any atom is 0.224 e. The number of hydrogen-bond donors (Lipinski definition) is 1. The second-order valence-corrected chi connectivity index (χ2v) is 5.89. The predicted molar refractivity (Wildman–Crippen MR) is 84.7 cm³/mol. The molecule has 0 saturated carbocycles. The van der Waals surface area contributed by atoms with Crippen molar-refractivity contribution in [2.45, 2.75) is 39.5 Å². The van der Waals surface area contributed by atoms with Gasteiger partial charge in [0.05, 0.1) is 6.42 Å². The van der Waals surface area contributed by atoms with E-state index in [2.05, 4.69) is 35.1 Å². The minimum absolute atomic E-state index is 0.125. The Morgan fingerprint density at radius 2 is 1.95 bits per heavy atom. The number of hydrogen-bond acceptors (Lipinski definition) is 1. The van der Waals surface area contributed by atoms with Crippen LogP contribution in [-0.4, -0.2) is 17.8 Å². The summed E-state index contributed by atoms with van der Waals surface area (Å²) in [6, 6.07) is 8.15. The lowest BCUT2D eigenvalue weighted by molar-refractivity contribution is -0.120. The summed E-state index contributed by atoms with van der Waals surface area (Å²) in [4.78, 5) is 11.9. The van der Waals surface area contributed by atoms with Gasteiger partial charge in [-0.05, 0) is 31.2 Å². The Morgan fingerprint density at radius 3 is 2.53 bits per heavy atom. The van der Waals surface area contributed by atoms with E-state index >= 15 is 0 Å². The molecule has 0 aliphatic carbocycles. The minimum Gasteiger partial charge on any atom is -0.356 e. The third-order valence-corrected chi connectivity index (χ3v) is 3.75. The molecule has 0 saturated heterocycles. The molecule has 1 N–H and O–H groups in total. The lowest BCUT2D eigenvalue weighted by Gasteiger charge is -2.15. The van der Waals surface area contributed by atoms with Gasteiger partial charge in [0.1, 0.15) is 0 Å². The molecule has 0 aromatic heterocycles. The van der Waals surface area contributed by atoms with Gasteiger partial charge in [0.2, 0.25) is 5.91 Å². The molecule has 106 valence electrons. The highest BCUT2D eigenvalue weighted by Crippen LogP contribution is 2.11. The third-order valence-electron chi connectivity index (χ3n) is 3.29. The van der Waals surface area contributed by atoms with Crippen LogP contribution in [0, 0.1) is 12.8 Å². The highest BCUT2D eigenvalue weighted by Gasteiger charge is 2.09. The van der Waals surface area contributed by atoms with Crippen LogP contribution in [0.25, 0.3) is 0 Å². The first-order chi connectivity index (χ1) is 9.15. The van der Waals surface area contributed by atoms with Crippen molar-refractivity contribution in [1.82, 2.24) is 5.32 Å². The van der Waals surface area contributed by atoms with Crippen LogP contribution in [-0.2, 0) is 11.2 Å². The van der Waals surface area contributed by atoms with E-state index in [1.807, 2.05) is 24.3 Å². The standard InChI is InChI=1S/C16H24BrNO/c1-3-4-15(9-10-17)12-18-16(19)11-14-7-5-13(2)6-8-14/h5-8,15H,3-4,9-12H2,1-2H3,(H,18,19). The lowest BCUT2D eigenvalue weighted by atomic mass is 10.0. The van der Waals surface area contributed by atoms with Crippen molar-refractivity contribution in [2.75, 3.05) is 11.9 Å². The van der Waals surface area contributed by atoms with E-state index in [4.69, 9.17) is 0 Å². The maximum absolute atomic E-state index is 11.9. The highest BCUT2D eigenvalue weighted by molar-refractivity contribution is 9.09. The van der Waals surface area contributed by atoms with E-state index in [-0.39, 0.29) is 5.91 Å². The second kappa shape index (κ2) is 9.13. The molecule has 1 unspecified atom stereocenters. The Labute approximate surface area is 125 Å². The molecule has 0 aliphatic heterocycles. The molecule has 0 heterocycles. The van der Waals surface area contributed by atoms with Crippen molar-refractivity contribution in [3.05, 3.63) is 35.4 Å². The molecule has 1 rings (SSSR count). The van der Waals surface area contributed by atoms with Gasteiger partial charge < -0.3 is 5.32 Å². The van der Waals surface area contributed by atoms with Gasteiger partial charge in [-0.15, -0.1) is 0 Å². The summed E-state index contributed by atoms with van der Waals surface area (Å²) in [5, 5.41) is 4.06. The normalized spacial score (nSPS) is 12.2. The van der Waals surface area contributed by atoms with Gasteiger partial charge in [0, 0.05) is 11.9 Å². The quantitative estimate of drug-likeness (QED) is 0.722. The summed E-state index contributed by atoms with van der Waals surface area (Å²) in [5.74, 6) is 0.714. The predicted octanol–water partition coefficient (Wildman–Crippen LogP) is 3.86. The lowest BCUT2D eigenvalue weighted by Crippen LogP contribution is -2.30. The summed E-state index contributed by atoms with van der Waals surface area (Å²) in [6.45, 7) is 5.04. The van der Waals surface area contributed by atoms with Crippen LogP contribution in [0.5, 0.6) is 0 Å². The molecule has 3 heteroatoms. The first kappa shape index (κ1) is 16.2. The monoisotopic (exact) mass is 325 g/mol. The summed E-state index contributed by atoms with van der Waals surface area (Å²) >= 11 is 3.47. The molecule has 19 heavy (non-hydrogen) atoms. The molecule has 0 spiro atoms. The molecule has 0 radical (unpaired) electrons.